The number of carbonyl (C=O) groups excluding carboxylic acids is 1. The van der Waals surface area contributed by atoms with E-state index >= 15 is 0 Å². The van der Waals surface area contributed by atoms with E-state index < -0.39 is 5.91 Å². The molecule has 0 saturated carbocycles. The number of nitrogens with zero attached hydrogens (tertiary/aromatic N) is 5. The number of para-hydroxylation sites is 1. The topological polar surface area (TPSA) is 139 Å². The number of nitrogen functional groups attached to an aromatic ring is 1. The predicted octanol–water partition coefficient (Wildman–Crippen LogP) is 3.15. The Morgan fingerprint density at radius 3 is 2.58 bits per heavy atom. The summed E-state index contributed by atoms with van der Waals surface area (Å²) in [7, 11) is 1.86. The molecule has 10 nitrogen and oxygen atoms in total. The van der Waals surface area contributed by atoms with E-state index in [9.17, 15) is 9.59 Å². The molecule has 40 heavy (non-hydrogen) atoms. The standard InChI is InChI=1S/C23H19N3O.C7H9N5O/c1-3-20-16-18-9-7-8-17(12-13-19-14-15-25(2)24-19)22(18)23(27)26(20)21-10-5-4-6-11-21;8-5-4(6(9)13)7-10-2-1-3-12(7)11-5/h4-11,14-16H,3H2,1-2H3;1,3,10H,2H2,(H2,8,11)(H2,9,13). The average molecular weight is 533 g/mol. The molecule has 1 aliphatic heterocycles. The van der Waals surface area contributed by atoms with Gasteiger partial charge in [0.1, 0.15) is 17.1 Å². The van der Waals surface area contributed by atoms with Crippen LogP contribution >= 0.6 is 0 Å². The van der Waals surface area contributed by atoms with E-state index in [1.165, 1.54) is 4.68 Å². The number of amides is 1. The summed E-state index contributed by atoms with van der Waals surface area (Å²) >= 11 is 0. The van der Waals surface area contributed by atoms with Crippen LogP contribution in [-0.2, 0) is 13.5 Å². The van der Waals surface area contributed by atoms with Crippen LogP contribution in [0.25, 0.3) is 22.7 Å². The average Bonchev–Trinajstić information content (AvgIpc) is 3.53. The number of fused-ring (bicyclic) bond motifs is 2. The molecule has 2 aromatic carbocycles. The SMILES string of the molecule is CCc1cc2cccc(C#Cc3ccn(C)n3)c2c(=O)n1-c1ccccc1.NC(=O)c1c(N)nn2c1NCC=C2. The van der Waals surface area contributed by atoms with E-state index in [2.05, 4.69) is 40.3 Å². The van der Waals surface area contributed by atoms with Gasteiger partial charge in [-0.05, 0) is 54.1 Å². The van der Waals surface area contributed by atoms with Crippen LogP contribution < -0.4 is 22.3 Å². The van der Waals surface area contributed by atoms with Crippen molar-refractivity contribution in [2.75, 3.05) is 17.6 Å². The molecule has 5 aromatic rings. The number of benzene rings is 2. The second kappa shape index (κ2) is 11.0. The van der Waals surface area contributed by atoms with Crippen LogP contribution in [0.2, 0.25) is 0 Å². The molecule has 4 heterocycles. The maximum Gasteiger partial charge on any atom is 0.264 e. The Labute approximate surface area is 230 Å². The molecular weight excluding hydrogens is 504 g/mol. The molecule has 0 bridgehead atoms. The highest BCUT2D eigenvalue weighted by Crippen LogP contribution is 2.23. The summed E-state index contributed by atoms with van der Waals surface area (Å²) in [4.78, 5) is 24.4. The van der Waals surface area contributed by atoms with Crippen molar-refractivity contribution >= 4 is 34.5 Å². The Kier molecular flexibility index (Phi) is 7.20. The highest BCUT2D eigenvalue weighted by Gasteiger charge is 2.20. The van der Waals surface area contributed by atoms with Crippen LogP contribution in [0.4, 0.5) is 11.6 Å². The smallest absolute Gasteiger partial charge is 0.264 e. The number of primary amides is 1. The molecule has 200 valence electrons. The minimum Gasteiger partial charge on any atom is -0.381 e. The lowest BCUT2D eigenvalue weighted by Crippen LogP contribution is -2.22. The number of nitrogens with one attached hydrogen (secondary N) is 1. The number of rotatable bonds is 3. The van der Waals surface area contributed by atoms with E-state index in [4.69, 9.17) is 11.5 Å². The van der Waals surface area contributed by atoms with Crippen LogP contribution in [0, 0.1) is 11.8 Å². The summed E-state index contributed by atoms with van der Waals surface area (Å²) in [5, 5.41) is 12.7. The molecule has 0 atom stereocenters. The van der Waals surface area contributed by atoms with Gasteiger partial charge < -0.3 is 16.8 Å². The van der Waals surface area contributed by atoms with Gasteiger partial charge in [-0.3, -0.25) is 18.8 Å². The normalized spacial score (nSPS) is 11.6. The Balaban J connectivity index is 0.000000207. The number of anilines is 2. The summed E-state index contributed by atoms with van der Waals surface area (Å²) in [5.41, 5.74) is 14.1. The van der Waals surface area contributed by atoms with Crippen LogP contribution in [0.3, 0.4) is 0 Å². The zero-order valence-electron chi connectivity index (χ0n) is 22.1. The zero-order chi connectivity index (χ0) is 28.2. The van der Waals surface area contributed by atoms with E-state index in [0.717, 1.165) is 28.8 Å². The van der Waals surface area contributed by atoms with Crippen LogP contribution in [0.15, 0.2) is 77.7 Å². The summed E-state index contributed by atoms with van der Waals surface area (Å²) in [6, 6.07) is 19.5. The van der Waals surface area contributed by atoms with Gasteiger partial charge in [0.25, 0.3) is 11.5 Å². The molecule has 0 spiro atoms. The predicted molar refractivity (Wildman–Crippen MR) is 157 cm³/mol. The number of hydrogen-bond donors (Lipinski definition) is 3. The van der Waals surface area contributed by atoms with Gasteiger partial charge in [0.05, 0.1) is 5.39 Å². The van der Waals surface area contributed by atoms with Gasteiger partial charge >= 0.3 is 0 Å². The Hall–Kier alpha value is -5.56. The summed E-state index contributed by atoms with van der Waals surface area (Å²) < 4.78 is 5.00. The van der Waals surface area contributed by atoms with Crippen LogP contribution in [0.1, 0.15) is 34.2 Å². The van der Waals surface area contributed by atoms with Crippen molar-refractivity contribution in [2.24, 2.45) is 12.8 Å². The van der Waals surface area contributed by atoms with Crippen molar-refractivity contribution in [1.29, 1.82) is 0 Å². The number of carbonyl (C=O) groups is 1. The van der Waals surface area contributed by atoms with Crippen molar-refractivity contribution in [1.82, 2.24) is 24.1 Å². The lowest BCUT2D eigenvalue weighted by atomic mass is 10.0. The third-order valence-corrected chi connectivity index (χ3v) is 6.36. The number of pyridine rings is 1. The van der Waals surface area contributed by atoms with Gasteiger partial charge in [-0.15, -0.1) is 5.10 Å². The lowest BCUT2D eigenvalue weighted by molar-refractivity contribution is 0.100. The molecule has 1 aliphatic rings. The van der Waals surface area contributed by atoms with Gasteiger partial charge in [0, 0.05) is 42.9 Å². The van der Waals surface area contributed by atoms with Crippen molar-refractivity contribution in [2.45, 2.75) is 13.3 Å². The maximum atomic E-state index is 13.4. The molecule has 0 fully saturated rings. The fraction of sp³-hybridized carbons (Fsp3) is 0.133. The summed E-state index contributed by atoms with van der Waals surface area (Å²) in [6.45, 7) is 2.70. The van der Waals surface area contributed by atoms with Gasteiger partial charge in [-0.25, -0.2) is 4.68 Å². The monoisotopic (exact) mass is 532 g/mol. The van der Waals surface area contributed by atoms with E-state index in [1.807, 2.05) is 73.9 Å². The van der Waals surface area contributed by atoms with E-state index in [0.29, 0.717) is 23.4 Å². The summed E-state index contributed by atoms with van der Waals surface area (Å²) in [5.74, 6) is 6.34. The minimum absolute atomic E-state index is 0.0403. The number of nitrogens with two attached hydrogens (primary N) is 2. The Bertz CT molecular complexity index is 1870. The van der Waals surface area contributed by atoms with Gasteiger partial charge in [0.2, 0.25) is 0 Å². The number of aromatic nitrogens is 5. The fourth-order valence-electron chi connectivity index (χ4n) is 4.53. The van der Waals surface area contributed by atoms with Crippen LogP contribution in [0.5, 0.6) is 0 Å². The second-order valence-corrected chi connectivity index (χ2v) is 9.04. The van der Waals surface area contributed by atoms with E-state index in [-0.39, 0.29) is 16.9 Å². The molecule has 1 amide bonds. The number of hydrogen-bond acceptors (Lipinski definition) is 6. The fourth-order valence-corrected chi connectivity index (χ4v) is 4.53. The van der Waals surface area contributed by atoms with Crippen molar-refractivity contribution in [3.8, 4) is 17.5 Å². The largest absolute Gasteiger partial charge is 0.381 e. The van der Waals surface area contributed by atoms with E-state index in [1.54, 1.807) is 15.4 Å². The molecular formula is C30H28N8O2. The first-order valence-electron chi connectivity index (χ1n) is 12.7. The summed E-state index contributed by atoms with van der Waals surface area (Å²) in [6.07, 6.45) is 6.21. The Morgan fingerprint density at radius 1 is 1.07 bits per heavy atom. The highest BCUT2D eigenvalue weighted by atomic mass is 16.1. The van der Waals surface area contributed by atoms with Crippen molar-refractivity contribution < 1.29 is 4.79 Å². The second-order valence-electron chi connectivity index (χ2n) is 9.04. The molecule has 6 rings (SSSR count). The molecule has 10 heteroatoms. The number of aryl methyl sites for hydroxylation is 2. The third-order valence-electron chi connectivity index (χ3n) is 6.36. The third kappa shape index (κ3) is 5.08. The van der Waals surface area contributed by atoms with Crippen molar-refractivity contribution in [3.05, 3.63) is 106 Å². The van der Waals surface area contributed by atoms with Crippen LogP contribution in [-0.4, -0.2) is 36.6 Å². The lowest BCUT2D eigenvalue weighted by Gasteiger charge is -2.14. The Morgan fingerprint density at radius 2 is 1.88 bits per heavy atom. The first-order chi connectivity index (χ1) is 19.4. The molecule has 0 radical (unpaired) electrons. The van der Waals surface area contributed by atoms with Gasteiger partial charge in [-0.1, -0.05) is 43.2 Å². The molecule has 3 aromatic heterocycles. The van der Waals surface area contributed by atoms with Gasteiger partial charge in [-0.2, -0.15) is 5.10 Å². The highest BCUT2D eigenvalue weighted by molar-refractivity contribution is 6.02. The van der Waals surface area contributed by atoms with Crippen molar-refractivity contribution in [3.63, 3.8) is 0 Å². The first kappa shape index (κ1) is 26.1. The first-order valence-corrected chi connectivity index (χ1v) is 12.7. The minimum atomic E-state index is -0.568. The quantitative estimate of drug-likeness (QED) is 0.305. The molecule has 5 N–H and O–H groups in total. The molecule has 0 unspecified atom stereocenters. The van der Waals surface area contributed by atoms with Gasteiger partial charge in [0.15, 0.2) is 5.82 Å². The molecule has 0 aliphatic carbocycles. The molecule has 0 saturated heterocycles. The zero-order valence-corrected chi connectivity index (χ0v) is 22.1. The maximum absolute atomic E-state index is 13.4.